The molecule has 2 saturated heterocycles. The number of likely N-dealkylation sites (tertiary alicyclic amines) is 1. The molecule has 0 radical (unpaired) electrons. The summed E-state index contributed by atoms with van der Waals surface area (Å²) < 4.78 is 11.3. The number of rotatable bonds is 5. The molecule has 2 aliphatic rings. The minimum atomic E-state index is -0.438. The van der Waals surface area contributed by atoms with Crippen molar-refractivity contribution in [3.05, 3.63) is 71.9 Å². The van der Waals surface area contributed by atoms with Gasteiger partial charge in [0.1, 0.15) is 18.0 Å². The van der Waals surface area contributed by atoms with E-state index in [4.69, 9.17) is 9.47 Å². The van der Waals surface area contributed by atoms with Gasteiger partial charge in [0.15, 0.2) is 0 Å². The summed E-state index contributed by atoms with van der Waals surface area (Å²) in [6.07, 6.45) is 1.33. The number of para-hydroxylation sites is 1. The third-order valence-electron chi connectivity index (χ3n) is 6.21. The minimum Gasteiger partial charge on any atom is -0.487 e. The number of pyridine rings is 1. The molecule has 7 nitrogen and oxygen atoms in total. The largest absolute Gasteiger partial charge is 0.487 e. The first-order chi connectivity index (χ1) is 15.6. The molecular formula is C25H25N3O4. The van der Waals surface area contributed by atoms with Gasteiger partial charge >= 0.3 is 6.09 Å². The number of carbonyl (C=O) groups excluding carboxylic acids is 2. The lowest BCUT2D eigenvalue weighted by Crippen LogP contribution is -2.48. The summed E-state index contributed by atoms with van der Waals surface area (Å²) in [6, 6.07) is 19.6. The predicted octanol–water partition coefficient (Wildman–Crippen LogP) is 3.46. The van der Waals surface area contributed by atoms with Gasteiger partial charge in [-0.2, -0.15) is 0 Å². The predicted molar refractivity (Wildman–Crippen MR) is 119 cm³/mol. The quantitative estimate of drug-likeness (QED) is 0.669. The molecular weight excluding hydrogens is 406 g/mol. The first-order valence-corrected chi connectivity index (χ1v) is 10.9. The number of alkyl carbamates (subject to hydrolysis) is 1. The lowest BCUT2D eigenvalue weighted by Gasteiger charge is -2.37. The average Bonchev–Trinajstić information content (AvgIpc) is 3.18. The number of aromatic nitrogens is 1. The molecule has 0 aliphatic carbocycles. The Hall–Kier alpha value is -3.61. The smallest absolute Gasteiger partial charge is 0.407 e. The van der Waals surface area contributed by atoms with Crippen LogP contribution in [0, 0.1) is 0 Å². The maximum Gasteiger partial charge on any atom is 0.407 e. The molecule has 2 aliphatic heterocycles. The van der Waals surface area contributed by atoms with Gasteiger partial charge in [0.2, 0.25) is 5.91 Å². The van der Waals surface area contributed by atoms with Crippen LogP contribution in [0.4, 0.5) is 4.79 Å². The van der Waals surface area contributed by atoms with E-state index in [0.29, 0.717) is 45.5 Å². The number of fused-ring (bicyclic) bond motifs is 1. The Morgan fingerprint density at radius 2 is 1.84 bits per heavy atom. The van der Waals surface area contributed by atoms with Crippen LogP contribution >= 0.6 is 0 Å². The molecule has 0 bridgehead atoms. The van der Waals surface area contributed by atoms with Crippen molar-refractivity contribution >= 4 is 22.9 Å². The fourth-order valence-electron chi connectivity index (χ4n) is 4.28. The maximum absolute atomic E-state index is 12.7. The Morgan fingerprint density at radius 1 is 1.06 bits per heavy atom. The van der Waals surface area contributed by atoms with Gasteiger partial charge < -0.3 is 19.7 Å². The van der Waals surface area contributed by atoms with Crippen molar-refractivity contribution in [1.29, 1.82) is 0 Å². The number of amides is 2. The van der Waals surface area contributed by atoms with Gasteiger partial charge in [-0.3, -0.25) is 4.79 Å². The van der Waals surface area contributed by atoms with Crippen LogP contribution in [0.5, 0.6) is 5.75 Å². The van der Waals surface area contributed by atoms with Crippen LogP contribution in [-0.2, 0) is 22.6 Å². The first-order valence-electron chi connectivity index (χ1n) is 10.9. The molecule has 2 fully saturated rings. The topological polar surface area (TPSA) is 80.8 Å². The number of benzene rings is 2. The van der Waals surface area contributed by atoms with E-state index in [9.17, 15) is 9.59 Å². The van der Waals surface area contributed by atoms with Crippen LogP contribution in [0.3, 0.4) is 0 Å². The van der Waals surface area contributed by atoms with Crippen molar-refractivity contribution in [1.82, 2.24) is 15.2 Å². The fraction of sp³-hybridized carbons (Fsp3) is 0.320. The zero-order valence-corrected chi connectivity index (χ0v) is 17.8. The van der Waals surface area contributed by atoms with E-state index < -0.39 is 5.60 Å². The van der Waals surface area contributed by atoms with E-state index in [0.717, 1.165) is 27.9 Å². The number of nitrogens with one attached hydrogen (secondary N) is 1. The molecule has 0 atom stereocenters. The first kappa shape index (κ1) is 20.3. The van der Waals surface area contributed by atoms with E-state index in [1.165, 1.54) is 0 Å². The molecule has 1 spiro atoms. The summed E-state index contributed by atoms with van der Waals surface area (Å²) in [4.78, 5) is 30.5. The SMILES string of the molecule is O=C1NCC2(CCN(C(=O)Cc3ccc(OCc4ccc5ccccc5n4)cc3)CC2)O1. The molecule has 7 heteroatoms. The highest BCUT2D eigenvalue weighted by Crippen LogP contribution is 2.29. The van der Waals surface area contributed by atoms with Crippen molar-refractivity contribution in [2.45, 2.75) is 31.5 Å². The maximum atomic E-state index is 12.7. The van der Waals surface area contributed by atoms with Crippen molar-refractivity contribution in [2.75, 3.05) is 19.6 Å². The zero-order valence-electron chi connectivity index (χ0n) is 17.8. The van der Waals surface area contributed by atoms with E-state index in [1.54, 1.807) is 0 Å². The third kappa shape index (κ3) is 4.37. The molecule has 2 amide bonds. The molecule has 3 aromatic rings. The van der Waals surface area contributed by atoms with Gasteiger partial charge in [-0.1, -0.05) is 36.4 Å². The van der Waals surface area contributed by atoms with Crippen LogP contribution in [0.2, 0.25) is 0 Å². The van der Waals surface area contributed by atoms with Gasteiger partial charge in [-0.05, 0) is 29.8 Å². The summed E-state index contributed by atoms with van der Waals surface area (Å²) in [5.41, 5.74) is 2.33. The highest BCUT2D eigenvalue weighted by atomic mass is 16.6. The van der Waals surface area contributed by atoms with Gasteiger partial charge in [0, 0.05) is 31.3 Å². The summed E-state index contributed by atoms with van der Waals surface area (Å²) in [6.45, 7) is 2.13. The second-order valence-electron chi connectivity index (χ2n) is 8.41. The monoisotopic (exact) mass is 431 g/mol. The normalized spacial score (nSPS) is 17.2. The van der Waals surface area contributed by atoms with Crippen LogP contribution in [0.15, 0.2) is 60.7 Å². The third-order valence-corrected chi connectivity index (χ3v) is 6.21. The minimum absolute atomic E-state index is 0.0890. The molecule has 32 heavy (non-hydrogen) atoms. The highest BCUT2D eigenvalue weighted by Gasteiger charge is 2.43. The lowest BCUT2D eigenvalue weighted by molar-refractivity contribution is -0.133. The fourth-order valence-corrected chi connectivity index (χ4v) is 4.28. The summed E-state index contributed by atoms with van der Waals surface area (Å²) in [5, 5.41) is 3.82. The Morgan fingerprint density at radius 3 is 2.59 bits per heavy atom. The summed E-state index contributed by atoms with van der Waals surface area (Å²) >= 11 is 0. The van der Waals surface area contributed by atoms with Gasteiger partial charge in [0.25, 0.3) is 0 Å². The van der Waals surface area contributed by atoms with Gasteiger partial charge in [0.05, 0.1) is 24.2 Å². The number of ether oxygens (including phenoxy) is 2. The molecule has 0 saturated carbocycles. The molecule has 1 N–H and O–H groups in total. The van der Waals surface area contributed by atoms with Gasteiger partial charge in [-0.25, -0.2) is 9.78 Å². The van der Waals surface area contributed by atoms with Crippen LogP contribution < -0.4 is 10.1 Å². The second kappa shape index (κ2) is 8.49. The Bertz CT molecular complexity index is 1140. The number of hydrogen-bond donors (Lipinski definition) is 1. The number of carbonyl (C=O) groups is 2. The Balaban J connectivity index is 1.13. The van der Waals surface area contributed by atoms with Crippen molar-refractivity contribution in [2.24, 2.45) is 0 Å². The van der Waals surface area contributed by atoms with Crippen molar-refractivity contribution < 1.29 is 19.1 Å². The molecule has 0 unspecified atom stereocenters. The van der Waals surface area contributed by atoms with E-state index in [1.807, 2.05) is 65.6 Å². The number of hydrogen-bond acceptors (Lipinski definition) is 5. The second-order valence-corrected chi connectivity index (χ2v) is 8.41. The molecule has 5 rings (SSSR count). The van der Waals surface area contributed by atoms with E-state index in [2.05, 4.69) is 10.3 Å². The van der Waals surface area contributed by atoms with Crippen molar-refractivity contribution in [3.8, 4) is 5.75 Å². The van der Waals surface area contributed by atoms with E-state index in [-0.39, 0.29) is 12.0 Å². The Kier molecular flexibility index (Phi) is 5.39. The van der Waals surface area contributed by atoms with Gasteiger partial charge in [-0.15, -0.1) is 0 Å². The molecule has 164 valence electrons. The summed E-state index contributed by atoms with van der Waals surface area (Å²) in [5.74, 6) is 0.831. The molecule has 1 aromatic heterocycles. The standard InChI is InChI=1S/C25H25N3O4/c29-23(28-13-11-25(12-14-28)17-26-24(30)32-25)15-18-5-9-21(10-6-18)31-16-20-8-7-19-3-1-2-4-22(19)27-20/h1-10H,11-17H2,(H,26,30). The highest BCUT2D eigenvalue weighted by molar-refractivity contribution is 5.79. The average molecular weight is 431 g/mol. The Labute approximate surface area is 186 Å². The number of piperidine rings is 1. The lowest BCUT2D eigenvalue weighted by atomic mass is 9.91. The molecule has 3 heterocycles. The van der Waals surface area contributed by atoms with Crippen molar-refractivity contribution in [3.63, 3.8) is 0 Å². The van der Waals surface area contributed by atoms with Crippen LogP contribution in [0.25, 0.3) is 10.9 Å². The zero-order chi connectivity index (χ0) is 22.0. The molecule has 2 aromatic carbocycles. The van der Waals surface area contributed by atoms with Crippen LogP contribution in [0.1, 0.15) is 24.1 Å². The number of nitrogens with zero attached hydrogens (tertiary/aromatic N) is 2. The van der Waals surface area contributed by atoms with E-state index >= 15 is 0 Å². The van der Waals surface area contributed by atoms with Crippen LogP contribution in [-0.4, -0.2) is 47.1 Å². The summed E-state index contributed by atoms with van der Waals surface area (Å²) in [7, 11) is 0.